The quantitative estimate of drug-likeness (QED) is 0.838. The monoisotopic (exact) mass is 271 g/mol. The fourth-order valence-corrected chi connectivity index (χ4v) is 4.55. The summed E-state index contributed by atoms with van der Waals surface area (Å²) in [5, 5.41) is -0.549. The lowest BCUT2D eigenvalue weighted by Gasteiger charge is -2.32. The van der Waals surface area contributed by atoms with E-state index in [1.54, 1.807) is 0 Å². The third kappa shape index (κ3) is 2.57. The topological polar surface area (TPSA) is 60.2 Å². The van der Waals surface area contributed by atoms with Gasteiger partial charge in [0.2, 0.25) is 0 Å². The zero-order chi connectivity index (χ0) is 13.3. The first kappa shape index (κ1) is 13.5. The van der Waals surface area contributed by atoms with E-state index in [9.17, 15) is 12.8 Å². The van der Waals surface area contributed by atoms with E-state index in [1.807, 2.05) is 6.92 Å². The van der Waals surface area contributed by atoms with Crippen LogP contribution in [0.3, 0.4) is 0 Å². The van der Waals surface area contributed by atoms with E-state index in [1.165, 1.54) is 24.3 Å². The normalized spacial score (nSPS) is 29.2. The molecule has 3 unspecified atom stereocenters. The van der Waals surface area contributed by atoms with Crippen molar-refractivity contribution in [2.24, 2.45) is 11.7 Å². The average Bonchev–Trinajstić information content (AvgIpc) is 2.32. The Kier molecular flexibility index (Phi) is 3.73. The van der Waals surface area contributed by atoms with E-state index in [2.05, 4.69) is 0 Å². The van der Waals surface area contributed by atoms with Crippen LogP contribution in [0.15, 0.2) is 29.2 Å². The maximum absolute atomic E-state index is 12.8. The molecular formula is C13H18FNO2S. The molecule has 0 spiro atoms. The van der Waals surface area contributed by atoms with Crippen LogP contribution in [0.5, 0.6) is 0 Å². The van der Waals surface area contributed by atoms with E-state index in [-0.39, 0.29) is 10.9 Å². The lowest BCUT2D eigenvalue weighted by Crippen LogP contribution is -2.44. The molecular weight excluding hydrogens is 253 g/mol. The summed E-state index contributed by atoms with van der Waals surface area (Å²) in [6, 6.07) is 4.65. The Hall–Kier alpha value is -0.940. The Bertz CT molecular complexity index is 512. The molecule has 0 aromatic heterocycles. The minimum Gasteiger partial charge on any atom is -0.327 e. The molecule has 0 radical (unpaired) electrons. The number of nitrogens with two attached hydrogens (primary N) is 1. The van der Waals surface area contributed by atoms with Crippen molar-refractivity contribution in [1.29, 1.82) is 0 Å². The van der Waals surface area contributed by atoms with Crippen LogP contribution in [0.1, 0.15) is 26.2 Å². The smallest absolute Gasteiger partial charge is 0.182 e. The van der Waals surface area contributed by atoms with Crippen LogP contribution in [0.4, 0.5) is 4.39 Å². The van der Waals surface area contributed by atoms with Gasteiger partial charge < -0.3 is 5.73 Å². The Labute approximate surface area is 107 Å². The van der Waals surface area contributed by atoms with Crippen LogP contribution in [0, 0.1) is 11.7 Å². The number of rotatable bonds is 2. The van der Waals surface area contributed by atoms with Gasteiger partial charge in [-0.2, -0.15) is 0 Å². The van der Waals surface area contributed by atoms with Gasteiger partial charge in [0.25, 0.3) is 0 Å². The maximum atomic E-state index is 12.8. The molecule has 2 rings (SSSR count). The molecule has 3 nitrogen and oxygen atoms in total. The van der Waals surface area contributed by atoms with Crippen LogP contribution < -0.4 is 5.73 Å². The average molecular weight is 271 g/mol. The summed E-state index contributed by atoms with van der Waals surface area (Å²) >= 11 is 0. The van der Waals surface area contributed by atoms with E-state index in [0.29, 0.717) is 12.3 Å². The first-order valence-corrected chi connectivity index (χ1v) is 7.71. The first-order chi connectivity index (χ1) is 8.41. The molecule has 1 saturated carbocycles. The zero-order valence-electron chi connectivity index (χ0n) is 10.3. The van der Waals surface area contributed by atoms with E-state index >= 15 is 0 Å². The summed E-state index contributed by atoms with van der Waals surface area (Å²) in [7, 11) is -3.45. The molecule has 0 saturated heterocycles. The van der Waals surface area contributed by atoms with Crippen molar-refractivity contribution in [2.75, 3.05) is 0 Å². The molecule has 0 heterocycles. The van der Waals surface area contributed by atoms with Gasteiger partial charge in [0, 0.05) is 6.04 Å². The Morgan fingerprint density at radius 2 is 1.83 bits per heavy atom. The summed E-state index contributed by atoms with van der Waals surface area (Å²) in [6.07, 6.45) is 2.28. The fourth-order valence-electron chi connectivity index (χ4n) is 2.51. The highest BCUT2D eigenvalue weighted by atomic mass is 32.2. The number of hydrogen-bond acceptors (Lipinski definition) is 3. The van der Waals surface area contributed by atoms with Crippen LogP contribution in [-0.2, 0) is 9.84 Å². The highest BCUT2D eigenvalue weighted by Crippen LogP contribution is 2.31. The molecule has 1 aliphatic rings. The van der Waals surface area contributed by atoms with E-state index < -0.39 is 20.9 Å². The van der Waals surface area contributed by atoms with Gasteiger partial charge >= 0.3 is 0 Å². The second kappa shape index (κ2) is 4.97. The van der Waals surface area contributed by atoms with Crippen molar-refractivity contribution in [1.82, 2.24) is 0 Å². The van der Waals surface area contributed by atoms with Crippen molar-refractivity contribution in [2.45, 2.75) is 42.4 Å². The molecule has 5 heteroatoms. The van der Waals surface area contributed by atoms with Crippen molar-refractivity contribution < 1.29 is 12.8 Å². The molecule has 3 atom stereocenters. The number of sulfone groups is 1. The molecule has 1 fully saturated rings. The minimum atomic E-state index is -3.45. The van der Waals surface area contributed by atoms with Crippen LogP contribution in [0.2, 0.25) is 0 Å². The SMILES string of the molecule is CC1CCC(N)C(S(=O)(=O)c2ccc(F)cc2)C1. The second-order valence-corrected chi connectivity index (χ2v) is 7.29. The molecule has 1 aliphatic carbocycles. The van der Waals surface area contributed by atoms with Gasteiger partial charge in [-0.25, -0.2) is 12.8 Å². The summed E-state index contributed by atoms with van der Waals surface area (Å²) in [5.74, 6) is -0.0692. The van der Waals surface area contributed by atoms with Gasteiger partial charge in [0.05, 0.1) is 10.1 Å². The Balaban J connectivity index is 2.32. The lowest BCUT2D eigenvalue weighted by atomic mass is 9.87. The van der Waals surface area contributed by atoms with Crippen molar-refractivity contribution in [3.8, 4) is 0 Å². The first-order valence-electron chi connectivity index (χ1n) is 6.16. The molecule has 1 aromatic carbocycles. The van der Waals surface area contributed by atoms with E-state index in [4.69, 9.17) is 5.73 Å². The van der Waals surface area contributed by atoms with Gasteiger partial charge in [-0.15, -0.1) is 0 Å². The van der Waals surface area contributed by atoms with Gasteiger partial charge in [-0.3, -0.25) is 0 Å². The van der Waals surface area contributed by atoms with Gasteiger partial charge in [-0.1, -0.05) is 6.92 Å². The van der Waals surface area contributed by atoms with Crippen LogP contribution in [-0.4, -0.2) is 19.7 Å². The number of hydrogen-bond donors (Lipinski definition) is 1. The largest absolute Gasteiger partial charge is 0.327 e. The molecule has 0 amide bonds. The van der Waals surface area contributed by atoms with E-state index in [0.717, 1.165) is 12.8 Å². The second-order valence-electron chi connectivity index (χ2n) is 5.12. The maximum Gasteiger partial charge on any atom is 0.182 e. The van der Waals surface area contributed by atoms with Crippen molar-refractivity contribution in [3.63, 3.8) is 0 Å². The fraction of sp³-hybridized carbons (Fsp3) is 0.538. The highest BCUT2D eigenvalue weighted by Gasteiger charge is 2.36. The van der Waals surface area contributed by atoms with Crippen molar-refractivity contribution in [3.05, 3.63) is 30.1 Å². The third-order valence-electron chi connectivity index (χ3n) is 3.65. The summed E-state index contributed by atoms with van der Waals surface area (Å²) < 4.78 is 37.7. The predicted octanol–water partition coefficient (Wildman–Crippen LogP) is 2.12. The summed E-state index contributed by atoms with van der Waals surface area (Å²) in [6.45, 7) is 2.04. The molecule has 0 aliphatic heterocycles. The number of halogens is 1. The molecule has 100 valence electrons. The predicted molar refractivity (Wildman–Crippen MR) is 68.4 cm³/mol. The molecule has 2 N–H and O–H groups in total. The van der Waals surface area contributed by atoms with Gasteiger partial charge in [0.15, 0.2) is 9.84 Å². The Morgan fingerprint density at radius 3 is 2.44 bits per heavy atom. The molecule has 18 heavy (non-hydrogen) atoms. The molecule has 0 bridgehead atoms. The highest BCUT2D eigenvalue weighted by molar-refractivity contribution is 7.92. The zero-order valence-corrected chi connectivity index (χ0v) is 11.2. The third-order valence-corrected chi connectivity index (χ3v) is 5.91. The molecule has 1 aromatic rings. The minimum absolute atomic E-state index is 0.165. The van der Waals surface area contributed by atoms with Crippen LogP contribution in [0.25, 0.3) is 0 Å². The summed E-state index contributed by atoms with van der Waals surface area (Å²) in [4.78, 5) is 0.165. The van der Waals surface area contributed by atoms with Gasteiger partial charge in [0.1, 0.15) is 5.82 Å². The van der Waals surface area contributed by atoms with Crippen molar-refractivity contribution >= 4 is 9.84 Å². The Morgan fingerprint density at radius 1 is 1.22 bits per heavy atom. The lowest BCUT2D eigenvalue weighted by molar-refractivity contribution is 0.346. The number of benzene rings is 1. The van der Waals surface area contributed by atoms with Crippen LogP contribution >= 0.6 is 0 Å². The standard InChI is InChI=1S/C13H18FNO2S/c1-9-2-7-12(15)13(8-9)18(16,17)11-5-3-10(14)4-6-11/h3-6,9,12-13H,2,7-8,15H2,1H3. The van der Waals surface area contributed by atoms with Gasteiger partial charge in [-0.05, 0) is 49.4 Å². The summed E-state index contributed by atoms with van der Waals surface area (Å²) in [5.41, 5.74) is 5.94.